The number of aromatic amines is 1. The number of nitrogens with one attached hydrogen (secondary N) is 1. The van der Waals surface area contributed by atoms with Crippen LogP contribution in [-0.2, 0) is 13.0 Å². The first-order valence-corrected chi connectivity index (χ1v) is 6.36. The second kappa shape index (κ2) is 2.91. The molecule has 0 bridgehead atoms. The Morgan fingerprint density at radius 3 is 3.00 bits per heavy atom. The van der Waals surface area contributed by atoms with Crippen molar-refractivity contribution in [3.8, 4) is 0 Å². The van der Waals surface area contributed by atoms with Gasteiger partial charge in [0.05, 0.1) is 0 Å². The molecule has 2 aromatic rings. The molecule has 0 atom stereocenters. The van der Waals surface area contributed by atoms with Crippen molar-refractivity contribution in [1.82, 2.24) is 14.9 Å². The minimum Gasteiger partial charge on any atom is -0.342 e. The zero-order valence-electron chi connectivity index (χ0n) is 10.4. The molecule has 3 nitrogen and oxygen atoms in total. The molecule has 1 saturated carbocycles. The molecule has 0 saturated heterocycles. The molecule has 3 heteroatoms. The molecular formula is C14H17N3. The monoisotopic (exact) mass is 227 g/mol. The Hall–Kier alpha value is -1.35. The average Bonchev–Trinajstić information content (AvgIpc) is 2.97. The first kappa shape index (κ1) is 9.66. The van der Waals surface area contributed by atoms with Gasteiger partial charge in [-0.2, -0.15) is 0 Å². The van der Waals surface area contributed by atoms with E-state index < -0.39 is 0 Å². The van der Waals surface area contributed by atoms with Gasteiger partial charge < -0.3 is 4.98 Å². The summed E-state index contributed by atoms with van der Waals surface area (Å²) < 4.78 is 0. The van der Waals surface area contributed by atoms with Gasteiger partial charge in [-0.3, -0.25) is 4.90 Å². The van der Waals surface area contributed by atoms with Gasteiger partial charge in [0.2, 0.25) is 0 Å². The van der Waals surface area contributed by atoms with Crippen molar-refractivity contribution in [2.75, 3.05) is 7.05 Å². The van der Waals surface area contributed by atoms with Crippen molar-refractivity contribution < 1.29 is 0 Å². The van der Waals surface area contributed by atoms with Crippen LogP contribution in [0.15, 0.2) is 12.3 Å². The lowest BCUT2D eigenvalue weighted by atomic mass is 9.94. The van der Waals surface area contributed by atoms with E-state index >= 15 is 0 Å². The highest BCUT2D eigenvalue weighted by molar-refractivity contribution is 5.85. The summed E-state index contributed by atoms with van der Waals surface area (Å²) in [5.74, 6) is 0. The number of pyridine rings is 1. The van der Waals surface area contributed by atoms with Crippen LogP contribution < -0.4 is 0 Å². The lowest BCUT2D eigenvalue weighted by molar-refractivity contribution is 0.193. The molecule has 0 amide bonds. The lowest BCUT2D eigenvalue weighted by Gasteiger charge is -2.32. The number of aryl methyl sites for hydroxylation is 1. The topological polar surface area (TPSA) is 31.9 Å². The number of fused-ring (bicyclic) bond motifs is 3. The van der Waals surface area contributed by atoms with Gasteiger partial charge in [-0.15, -0.1) is 0 Å². The molecule has 0 radical (unpaired) electrons. The first-order valence-electron chi connectivity index (χ1n) is 6.36. The number of hydrogen-bond acceptors (Lipinski definition) is 2. The summed E-state index contributed by atoms with van der Waals surface area (Å²) in [6, 6.07) is 2.12. The highest BCUT2D eigenvalue weighted by atomic mass is 15.2. The minimum atomic E-state index is 0.477. The van der Waals surface area contributed by atoms with Gasteiger partial charge in [0.1, 0.15) is 5.65 Å². The van der Waals surface area contributed by atoms with Gasteiger partial charge in [-0.05, 0) is 50.4 Å². The quantitative estimate of drug-likeness (QED) is 0.749. The van der Waals surface area contributed by atoms with Crippen LogP contribution in [0.2, 0.25) is 0 Å². The van der Waals surface area contributed by atoms with E-state index in [1.54, 1.807) is 0 Å². The van der Waals surface area contributed by atoms with Crippen LogP contribution in [0.25, 0.3) is 11.0 Å². The van der Waals surface area contributed by atoms with Crippen molar-refractivity contribution in [3.63, 3.8) is 0 Å². The Bertz CT molecular complexity index is 607. The van der Waals surface area contributed by atoms with Crippen molar-refractivity contribution in [1.29, 1.82) is 0 Å². The fourth-order valence-corrected chi connectivity index (χ4v) is 3.30. The second-order valence-electron chi connectivity index (χ2n) is 5.69. The fraction of sp³-hybridized carbons (Fsp3) is 0.500. The molecule has 0 unspecified atom stereocenters. The Balaban J connectivity index is 1.98. The fourth-order valence-electron chi connectivity index (χ4n) is 3.30. The largest absolute Gasteiger partial charge is 0.342 e. The predicted molar refractivity (Wildman–Crippen MR) is 68.0 cm³/mol. The SMILES string of the molecule is Cc1ccnc2[nH]c3c(c12)CC1(CC1)N(C)C3. The Kier molecular flexibility index (Phi) is 1.65. The van der Waals surface area contributed by atoms with Crippen LogP contribution in [0.3, 0.4) is 0 Å². The van der Waals surface area contributed by atoms with Gasteiger partial charge in [0.25, 0.3) is 0 Å². The van der Waals surface area contributed by atoms with Crippen LogP contribution in [0, 0.1) is 6.92 Å². The van der Waals surface area contributed by atoms with Gasteiger partial charge >= 0.3 is 0 Å². The third kappa shape index (κ3) is 1.18. The first-order chi connectivity index (χ1) is 8.20. The van der Waals surface area contributed by atoms with Crippen molar-refractivity contribution in [3.05, 3.63) is 29.1 Å². The van der Waals surface area contributed by atoms with E-state index in [-0.39, 0.29) is 0 Å². The normalized spacial score (nSPS) is 22.0. The zero-order valence-corrected chi connectivity index (χ0v) is 10.4. The Morgan fingerprint density at radius 1 is 1.41 bits per heavy atom. The average molecular weight is 227 g/mol. The number of nitrogens with zero attached hydrogens (tertiary/aromatic N) is 2. The van der Waals surface area contributed by atoms with Crippen molar-refractivity contribution in [2.45, 2.75) is 38.3 Å². The molecule has 1 spiro atoms. The van der Waals surface area contributed by atoms with Gasteiger partial charge in [0, 0.05) is 29.4 Å². The summed E-state index contributed by atoms with van der Waals surface area (Å²) in [6.07, 6.45) is 5.81. The maximum absolute atomic E-state index is 4.47. The van der Waals surface area contributed by atoms with Gasteiger partial charge in [0.15, 0.2) is 0 Å². The molecular weight excluding hydrogens is 210 g/mol. The molecule has 0 aromatic carbocycles. The van der Waals surface area contributed by atoms with Crippen LogP contribution in [-0.4, -0.2) is 27.5 Å². The molecule has 88 valence electrons. The van der Waals surface area contributed by atoms with Crippen LogP contribution in [0.1, 0.15) is 29.7 Å². The predicted octanol–water partition coefficient (Wildman–Crippen LogP) is 2.39. The van der Waals surface area contributed by atoms with Crippen LogP contribution in [0.4, 0.5) is 0 Å². The summed E-state index contributed by atoms with van der Waals surface area (Å²) in [7, 11) is 2.25. The molecule has 3 heterocycles. The second-order valence-corrected chi connectivity index (χ2v) is 5.69. The van der Waals surface area contributed by atoms with E-state index in [0.717, 1.165) is 12.2 Å². The van der Waals surface area contributed by atoms with E-state index in [9.17, 15) is 0 Å². The third-order valence-electron chi connectivity index (χ3n) is 4.63. The van der Waals surface area contributed by atoms with Crippen LogP contribution in [0.5, 0.6) is 0 Å². The van der Waals surface area contributed by atoms with E-state index in [1.165, 1.54) is 41.5 Å². The summed E-state index contributed by atoms with van der Waals surface area (Å²) in [5.41, 5.74) is 5.81. The molecule has 1 aliphatic carbocycles. The van der Waals surface area contributed by atoms with E-state index in [4.69, 9.17) is 0 Å². The van der Waals surface area contributed by atoms with E-state index in [2.05, 4.69) is 34.9 Å². The number of rotatable bonds is 0. The summed E-state index contributed by atoms with van der Waals surface area (Å²) in [6.45, 7) is 3.24. The number of likely N-dealkylation sites (N-methyl/N-ethyl adjacent to an activating group) is 1. The zero-order chi connectivity index (χ0) is 11.6. The maximum Gasteiger partial charge on any atom is 0.138 e. The summed E-state index contributed by atoms with van der Waals surface area (Å²) >= 11 is 0. The van der Waals surface area contributed by atoms with Crippen molar-refractivity contribution in [2.24, 2.45) is 0 Å². The number of H-pyrrole nitrogens is 1. The molecule has 4 rings (SSSR count). The highest BCUT2D eigenvalue weighted by Crippen LogP contribution is 2.48. The molecule has 1 aliphatic heterocycles. The van der Waals surface area contributed by atoms with Crippen molar-refractivity contribution >= 4 is 11.0 Å². The molecule has 1 N–H and O–H groups in total. The van der Waals surface area contributed by atoms with Crippen LogP contribution >= 0.6 is 0 Å². The molecule has 17 heavy (non-hydrogen) atoms. The molecule has 1 fully saturated rings. The van der Waals surface area contributed by atoms with Gasteiger partial charge in [-0.25, -0.2) is 4.98 Å². The minimum absolute atomic E-state index is 0.477. The molecule has 2 aromatic heterocycles. The standard InChI is InChI=1S/C14H17N3/c1-9-3-6-15-13-12(9)10-7-14(4-5-14)17(2)8-11(10)16-13/h3,6H,4-5,7-8H2,1-2H3,(H,15,16). The van der Waals surface area contributed by atoms with Gasteiger partial charge in [-0.1, -0.05) is 0 Å². The smallest absolute Gasteiger partial charge is 0.138 e. The summed E-state index contributed by atoms with van der Waals surface area (Å²) in [4.78, 5) is 10.5. The third-order valence-corrected chi connectivity index (χ3v) is 4.63. The lowest BCUT2D eigenvalue weighted by Crippen LogP contribution is -2.39. The Morgan fingerprint density at radius 2 is 2.24 bits per heavy atom. The van der Waals surface area contributed by atoms with E-state index in [1.807, 2.05) is 6.20 Å². The Labute approximate surface area is 101 Å². The number of hydrogen-bond donors (Lipinski definition) is 1. The maximum atomic E-state index is 4.47. The highest BCUT2D eigenvalue weighted by Gasteiger charge is 2.49. The number of aromatic nitrogens is 2. The summed E-state index contributed by atoms with van der Waals surface area (Å²) in [5, 5.41) is 1.38. The molecule has 2 aliphatic rings. The van der Waals surface area contributed by atoms with E-state index in [0.29, 0.717) is 5.54 Å².